The molecule has 0 saturated heterocycles. The molecule has 0 heterocycles. The number of ether oxygens (including phenoxy) is 1. The number of halogens is 1. The van der Waals surface area contributed by atoms with Gasteiger partial charge in [-0.3, -0.25) is 4.90 Å². The molecule has 0 aliphatic rings. The van der Waals surface area contributed by atoms with Crippen LogP contribution in [0, 0.1) is 0 Å². The lowest BCUT2D eigenvalue weighted by molar-refractivity contribution is 0.199. The van der Waals surface area contributed by atoms with Crippen LogP contribution in [0.4, 0.5) is 0 Å². The molecule has 1 rings (SSSR count). The van der Waals surface area contributed by atoms with Gasteiger partial charge < -0.3 is 10.1 Å². The first-order valence-electron chi connectivity index (χ1n) is 7.30. The summed E-state index contributed by atoms with van der Waals surface area (Å²) in [5.41, 5.74) is 1.28. The van der Waals surface area contributed by atoms with E-state index in [0.717, 1.165) is 31.3 Å². The Labute approximate surface area is 128 Å². The summed E-state index contributed by atoms with van der Waals surface area (Å²) in [6.45, 7) is 6.10. The average molecular weight is 299 g/mol. The second-order valence-electron chi connectivity index (χ2n) is 5.16. The third-order valence-electron chi connectivity index (χ3n) is 3.59. The molecule has 0 saturated carbocycles. The predicted molar refractivity (Wildman–Crippen MR) is 86.5 cm³/mol. The average Bonchev–Trinajstić information content (AvgIpc) is 2.45. The van der Waals surface area contributed by atoms with Crippen molar-refractivity contribution in [3.63, 3.8) is 0 Å². The molecule has 3 nitrogen and oxygen atoms in total. The maximum absolute atomic E-state index is 6.04. The Hall–Kier alpha value is -0.610. The molecule has 1 N–H and O–H groups in total. The molecule has 20 heavy (non-hydrogen) atoms. The van der Waals surface area contributed by atoms with E-state index in [1.807, 2.05) is 12.1 Å². The summed E-state index contributed by atoms with van der Waals surface area (Å²) in [7, 11) is 3.90. The molecule has 0 amide bonds. The molecule has 1 aromatic carbocycles. The first kappa shape index (κ1) is 17.4. The molecule has 4 heteroatoms. The molecule has 1 aromatic rings. The van der Waals surface area contributed by atoms with Crippen molar-refractivity contribution < 1.29 is 4.74 Å². The highest BCUT2D eigenvalue weighted by Gasteiger charge is 2.11. The molecule has 0 fully saturated rings. The Morgan fingerprint density at radius 1 is 1.30 bits per heavy atom. The van der Waals surface area contributed by atoms with E-state index in [4.69, 9.17) is 16.3 Å². The molecule has 0 aliphatic heterocycles. The first-order valence-corrected chi connectivity index (χ1v) is 7.68. The van der Waals surface area contributed by atoms with E-state index in [0.29, 0.717) is 6.04 Å². The van der Waals surface area contributed by atoms with Crippen molar-refractivity contribution >= 4 is 11.6 Å². The summed E-state index contributed by atoms with van der Waals surface area (Å²) in [6, 6.07) is 8.52. The van der Waals surface area contributed by atoms with E-state index < -0.39 is 0 Å². The van der Waals surface area contributed by atoms with Crippen molar-refractivity contribution in [3.8, 4) is 0 Å². The normalized spacial score (nSPS) is 12.8. The van der Waals surface area contributed by atoms with Crippen molar-refractivity contribution in [2.24, 2.45) is 0 Å². The van der Waals surface area contributed by atoms with Crippen LogP contribution in [-0.2, 0) is 4.74 Å². The summed E-state index contributed by atoms with van der Waals surface area (Å²) in [6.07, 6.45) is 2.39. The molecular formula is C16H27ClN2O. The molecular weight excluding hydrogens is 272 g/mol. The lowest BCUT2D eigenvalue weighted by atomic mass is 10.1. The van der Waals surface area contributed by atoms with E-state index >= 15 is 0 Å². The Bertz CT molecular complexity index is 373. The quantitative estimate of drug-likeness (QED) is 0.671. The predicted octanol–water partition coefficient (Wildman–Crippen LogP) is 3.35. The maximum atomic E-state index is 6.04. The van der Waals surface area contributed by atoms with E-state index in [-0.39, 0.29) is 0 Å². The third kappa shape index (κ3) is 6.71. The van der Waals surface area contributed by atoms with Crippen LogP contribution >= 0.6 is 11.6 Å². The fourth-order valence-corrected chi connectivity index (χ4v) is 2.32. The van der Waals surface area contributed by atoms with Crippen LogP contribution in [-0.4, -0.2) is 45.3 Å². The number of rotatable bonds is 10. The van der Waals surface area contributed by atoms with Crippen LogP contribution in [0.3, 0.4) is 0 Å². The summed E-state index contributed by atoms with van der Waals surface area (Å²) in [5, 5.41) is 4.18. The minimum absolute atomic E-state index is 0.398. The highest BCUT2D eigenvalue weighted by atomic mass is 35.5. The molecule has 0 bridgehead atoms. The molecule has 1 atom stereocenters. The van der Waals surface area contributed by atoms with Gasteiger partial charge in [-0.25, -0.2) is 0 Å². The highest BCUT2D eigenvalue weighted by Crippen LogP contribution is 2.21. The minimum Gasteiger partial charge on any atom is -0.383 e. The van der Waals surface area contributed by atoms with Crippen molar-refractivity contribution in [1.82, 2.24) is 10.2 Å². The molecule has 0 spiro atoms. The van der Waals surface area contributed by atoms with Gasteiger partial charge in [-0.05, 0) is 57.6 Å². The van der Waals surface area contributed by atoms with Gasteiger partial charge in [0.2, 0.25) is 0 Å². The van der Waals surface area contributed by atoms with Gasteiger partial charge >= 0.3 is 0 Å². The fraction of sp³-hybridized carbons (Fsp3) is 0.625. The fourth-order valence-electron chi connectivity index (χ4n) is 2.13. The standard InChI is InChI=1S/C16H27ClN2O/c1-14(15-7-6-8-16(17)13-15)19(2)11-5-4-9-18-10-12-20-3/h6-8,13-14,18H,4-5,9-12H2,1-3H3. The Morgan fingerprint density at radius 3 is 2.80 bits per heavy atom. The summed E-state index contributed by atoms with van der Waals surface area (Å²) in [4.78, 5) is 2.38. The van der Waals surface area contributed by atoms with E-state index in [1.165, 1.54) is 18.4 Å². The molecule has 114 valence electrons. The SMILES string of the molecule is COCCNCCCCN(C)C(C)c1cccc(Cl)c1. The summed E-state index contributed by atoms with van der Waals surface area (Å²) < 4.78 is 5.00. The lowest BCUT2D eigenvalue weighted by Crippen LogP contribution is -2.25. The zero-order chi connectivity index (χ0) is 14.8. The monoisotopic (exact) mass is 298 g/mol. The zero-order valence-electron chi connectivity index (χ0n) is 12.9. The second kappa shape index (κ2) is 10.2. The number of hydrogen-bond donors (Lipinski definition) is 1. The highest BCUT2D eigenvalue weighted by molar-refractivity contribution is 6.30. The first-order chi connectivity index (χ1) is 9.65. The van der Waals surface area contributed by atoms with Crippen LogP contribution in [0.2, 0.25) is 5.02 Å². The number of benzene rings is 1. The van der Waals surface area contributed by atoms with Crippen LogP contribution in [0.5, 0.6) is 0 Å². The van der Waals surface area contributed by atoms with Gasteiger partial charge in [-0.15, -0.1) is 0 Å². The Kier molecular flexibility index (Phi) is 8.86. The van der Waals surface area contributed by atoms with Crippen LogP contribution in [0.1, 0.15) is 31.4 Å². The van der Waals surface area contributed by atoms with Gasteiger partial charge in [-0.2, -0.15) is 0 Å². The number of nitrogens with zero attached hydrogens (tertiary/aromatic N) is 1. The summed E-state index contributed by atoms with van der Waals surface area (Å²) in [5.74, 6) is 0. The van der Waals surface area contributed by atoms with Gasteiger partial charge in [0.25, 0.3) is 0 Å². The molecule has 0 aliphatic carbocycles. The van der Waals surface area contributed by atoms with Crippen LogP contribution in [0.15, 0.2) is 24.3 Å². The number of methoxy groups -OCH3 is 1. The van der Waals surface area contributed by atoms with Crippen molar-refractivity contribution in [3.05, 3.63) is 34.9 Å². The van der Waals surface area contributed by atoms with Crippen molar-refractivity contribution in [1.29, 1.82) is 0 Å². The lowest BCUT2D eigenvalue weighted by Gasteiger charge is -2.25. The number of unbranched alkanes of at least 4 members (excludes halogenated alkanes) is 1. The molecule has 0 aromatic heterocycles. The third-order valence-corrected chi connectivity index (χ3v) is 3.82. The zero-order valence-corrected chi connectivity index (χ0v) is 13.6. The molecule has 0 radical (unpaired) electrons. The van der Waals surface area contributed by atoms with Crippen LogP contribution < -0.4 is 5.32 Å². The Morgan fingerprint density at radius 2 is 2.10 bits per heavy atom. The maximum Gasteiger partial charge on any atom is 0.0587 e. The van der Waals surface area contributed by atoms with Crippen molar-refractivity contribution in [2.75, 3.05) is 40.4 Å². The van der Waals surface area contributed by atoms with Gasteiger partial charge in [0.1, 0.15) is 0 Å². The second-order valence-corrected chi connectivity index (χ2v) is 5.60. The van der Waals surface area contributed by atoms with Gasteiger partial charge in [0.05, 0.1) is 6.61 Å². The number of nitrogens with one attached hydrogen (secondary N) is 1. The van der Waals surface area contributed by atoms with E-state index in [2.05, 4.69) is 36.3 Å². The van der Waals surface area contributed by atoms with Crippen LogP contribution in [0.25, 0.3) is 0 Å². The smallest absolute Gasteiger partial charge is 0.0587 e. The van der Waals surface area contributed by atoms with E-state index in [9.17, 15) is 0 Å². The van der Waals surface area contributed by atoms with Gasteiger partial charge in [0.15, 0.2) is 0 Å². The van der Waals surface area contributed by atoms with Gasteiger partial charge in [-0.1, -0.05) is 23.7 Å². The minimum atomic E-state index is 0.398. The summed E-state index contributed by atoms with van der Waals surface area (Å²) >= 11 is 6.04. The molecule has 1 unspecified atom stereocenters. The topological polar surface area (TPSA) is 24.5 Å². The van der Waals surface area contributed by atoms with Gasteiger partial charge in [0, 0.05) is 24.7 Å². The Balaban J connectivity index is 2.20. The van der Waals surface area contributed by atoms with Crippen molar-refractivity contribution in [2.45, 2.75) is 25.8 Å². The largest absolute Gasteiger partial charge is 0.383 e. The van der Waals surface area contributed by atoms with E-state index in [1.54, 1.807) is 7.11 Å². The number of hydrogen-bond acceptors (Lipinski definition) is 3.